The Kier molecular flexibility index (Phi) is 4.54. The lowest BCUT2D eigenvalue weighted by atomic mass is 9.62. The molecule has 0 aromatic heterocycles. The number of nitriles is 1. The third-order valence-corrected chi connectivity index (χ3v) is 4.69. The van der Waals surface area contributed by atoms with Gasteiger partial charge in [0.2, 0.25) is 0 Å². The molecule has 1 saturated carbocycles. The number of nitrogens with one attached hydrogen (secondary N) is 1. The summed E-state index contributed by atoms with van der Waals surface area (Å²) in [5, 5.41) is 13.1. The van der Waals surface area contributed by atoms with Crippen molar-refractivity contribution >= 4 is 0 Å². The highest BCUT2D eigenvalue weighted by atomic mass is 16.5. The number of rotatable bonds is 5. The lowest BCUT2D eigenvalue weighted by molar-refractivity contribution is 0.0374. The summed E-state index contributed by atoms with van der Waals surface area (Å²) in [6.07, 6.45) is 1.85. The van der Waals surface area contributed by atoms with Gasteiger partial charge < -0.3 is 10.1 Å². The summed E-state index contributed by atoms with van der Waals surface area (Å²) in [4.78, 5) is 2.43. The fourth-order valence-corrected chi connectivity index (χ4v) is 3.33. The van der Waals surface area contributed by atoms with Crippen LogP contribution in [-0.2, 0) is 10.2 Å². The van der Waals surface area contributed by atoms with E-state index in [1.165, 1.54) is 5.56 Å². The zero-order valence-corrected chi connectivity index (χ0v) is 12.4. The van der Waals surface area contributed by atoms with Gasteiger partial charge in [0.05, 0.1) is 24.7 Å². The summed E-state index contributed by atoms with van der Waals surface area (Å²) in [6.45, 7) is 5.87. The number of hydrogen-bond acceptors (Lipinski definition) is 4. The van der Waals surface area contributed by atoms with Crippen LogP contribution in [0.3, 0.4) is 0 Å². The minimum atomic E-state index is -0.266. The van der Waals surface area contributed by atoms with Gasteiger partial charge in [0.15, 0.2) is 0 Å². The minimum absolute atomic E-state index is 0.266. The number of benzene rings is 1. The molecule has 0 bridgehead atoms. The highest BCUT2D eigenvalue weighted by Gasteiger charge is 2.45. The van der Waals surface area contributed by atoms with E-state index in [9.17, 15) is 5.26 Å². The summed E-state index contributed by atoms with van der Waals surface area (Å²) in [5.74, 6) is 0. The van der Waals surface area contributed by atoms with E-state index in [2.05, 4.69) is 28.4 Å². The van der Waals surface area contributed by atoms with Gasteiger partial charge in [-0.05, 0) is 18.4 Å². The second kappa shape index (κ2) is 6.57. The third kappa shape index (κ3) is 3.26. The van der Waals surface area contributed by atoms with Crippen LogP contribution in [0.25, 0.3) is 0 Å². The van der Waals surface area contributed by atoms with Gasteiger partial charge >= 0.3 is 0 Å². The average molecular weight is 285 g/mol. The Morgan fingerprint density at radius 1 is 1.24 bits per heavy atom. The first-order valence-corrected chi connectivity index (χ1v) is 7.83. The highest BCUT2D eigenvalue weighted by molar-refractivity contribution is 5.36. The first kappa shape index (κ1) is 14.5. The lowest BCUT2D eigenvalue weighted by Gasteiger charge is -2.43. The molecule has 112 valence electrons. The molecular formula is C17H23N3O. The summed E-state index contributed by atoms with van der Waals surface area (Å²) in [6, 6.07) is 13.2. The van der Waals surface area contributed by atoms with Gasteiger partial charge in [0, 0.05) is 32.2 Å². The van der Waals surface area contributed by atoms with Crippen molar-refractivity contribution in [2.45, 2.75) is 24.3 Å². The van der Waals surface area contributed by atoms with Crippen LogP contribution in [0.1, 0.15) is 18.4 Å². The molecule has 0 spiro atoms. The van der Waals surface area contributed by atoms with Crippen LogP contribution < -0.4 is 5.32 Å². The van der Waals surface area contributed by atoms with Crippen LogP contribution >= 0.6 is 0 Å². The molecule has 21 heavy (non-hydrogen) atoms. The van der Waals surface area contributed by atoms with E-state index in [0.717, 1.165) is 52.2 Å². The molecule has 1 aliphatic carbocycles. The maximum Gasteiger partial charge on any atom is 0.0852 e. The standard InChI is InChI=1S/C17H23N3O/c18-14-17(15-4-2-1-3-5-15)12-16(13-17)19-6-7-20-8-10-21-11-9-20/h1-5,16,19H,6-13H2. The molecule has 1 aromatic rings. The van der Waals surface area contributed by atoms with Gasteiger partial charge in [0.1, 0.15) is 0 Å². The van der Waals surface area contributed by atoms with Crippen molar-refractivity contribution in [3.05, 3.63) is 35.9 Å². The molecule has 4 heteroatoms. The lowest BCUT2D eigenvalue weighted by Crippen LogP contribution is -2.52. The molecule has 1 saturated heterocycles. The van der Waals surface area contributed by atoms with Crippen molar-refractivity contribution in [3.8, 4) is 6.07 Å². The van der Waals surface area contributed by atoms with Gasteiger partial charge in [-0.1, -0.05) is 30.3 Å². The maximum absolute atomic E-state index is 9.54. The summed E-state index contributed by atoms with van der Waals surface area (Å²) in [7, 11) is 0. The number of nitrogens with zero attached hydrogens (tertiary/aromatic N) is 2. The van der Waals surface area contributed by atoms with E-state index in [-0.39, 0.29) is 5.41 Å². The third-order valence-electron chi connectivity index (χ3n) is 4.69. The van der Waals surface area contributed by atoms with Crippen molar-refractivity contribution in [2.75, 3.05) is 39.4 Å². The Bertz CT molecular complexity index is 485. The fraction of sp³-hybridized carbons (Fsp3) is 0.588. The fourth-order valence-electron chi connectivity index (χ4n) is 3.33. The molecule has 1 aromatic carbocycles. The summed E-state index contributed by atoms with van der Waals surface area (Å²) in [5.41, 5.74) is 0.900. The van der Waals surface area contributed by atoms with Crippen molar-refractivity contribution in [1.29, 1.82) is 5.26 Å². The molecule has 0 atom stereocenters. The van der Waals surface area contributed by atoms with Crippen LogP contribution in [0, 0.1) is 11.3 Å². The van der Waals surface area contributed by atoms with Crippen LogP contribution in [0.2, 0.25) is 0 Å². The van der Waals surface area contributed by atoms with Crippen molar-refractivity contribution in [3.63, 3.8) is 0 Å². The van der Waals surface area contributed by atoms with Gasteiger partial charge in [-0.15, -0.1) is 0 Å². The molecule has 2 aliphatic rings. The Balaban J connectivity index is 1.43. The second-order valence-electron chi connectivity index (χ2n) is 6.07. The highest BCUT2D eigenvalue weighted by Crippen LogP contribution is 2.43. The number of morpholine rings is 1. The normalized spacial score (nSPS) is 29.6. The SMILES string of the molecule is N#CC1(c2ccccc2)CC(NCCN2CCOCC2)C1. The van der Waals surface area contributed by atoms with E-state index < -0.39 is 0 Å². The molecule has 0 radical (unpaired) electrons. The smallest absolute Gasteiger partial charge is 0.0852 e. The Morgan fingerprint density at radius 3 is 2.62 bits per heavy atom. The van der Waals surface area contributed by atoms with Crippen LogP contribution in [-0.4, -0.2) is 50.3 Å². The molecule has 0 amide bonds. The van der Waals surface area contributed by atoms with Crippen molar-refractivity contribution < 1.29 is 4.74 Å². The van der Waals surface area contributed by atoms with Crippen molar-refractivity contribution in [1.82, 2.24) is 10.2 Å². The molecule has 1 aliphatic heterocycles. The number of hydrogen-bond donors (Lipinski definition) is 1. The minimum Gasteiger partial charge on any atom is -0.379 e. The molecule has 1 N–H and O–H groups in total. The Hall–Kier alpha value is -1.41. The maximum atomic E-state index is 9.54. The van der Waals surface area contributed by atoms with Gasteiger partial charge in [-0.3, -0.25) is 4.90 Å². The first-order valence-electron chi connectivity index (χ1n) is 7.83. The predicted octanol–water partition coefficient (Wildman–Crippen LogP) is 1.53. The average Bonchev–Trinajstić information content (AvgIpc) is 2.52. The molecule has 3 rings (SSSR count). The van der Waals surface area contributed by atoms with Gasteiger partial charge in [-0.2, -0.15) is 5.26 Å². The molecular weight excluding hydrogens is 262 g/mol. The van der Waals surface area contributed by atoms with Crippen LogP contribution in [0.5, 0.6) is 0 Å². The quantitative estimate of drug-likeness (QED) is 0.891. The zero-order chi connectivity index (χ0) is 14.5. The monoisotopic (exact) mass is 285 g/mol. The number of ether oxygens (including phenoxy) is 1. The van der Waals surface area contributed by atoms with Gasteiger partial charge in [0.25, 0.3) is 0 Å². The van der Waals surface area contributed by atoms with Gasteiger partial charge in [-0.25, -0.2) is 0 Å². The Morgan fingerprint density at radius 2 is 1.95 bits per heavy atom. The largest absolute Gasteiger partial charge is 0.379 e. The van der Waals surface area contributed by atoms with E-state index in [1.54, 1.807) is 0 Å². The predicted molar refractivity (Wildman–Crippen MR) is 82.0 cm³/mol. The second-order valence-corrected chi connectivity index (χ2v) is 6.07. The summed E-state index contributed by atoms with van der Waals surface area (Å²) < 4.78 is 5.35. The molecule has 2 fully saturated rings. The molecule has 1 heterocycles. The van der Waals surface area contributed by atoms with Crippen molar-refractivity contribution in [2.24, 2.45) is 0 Å². The van der Waals surface area contributed by atoms with E-state index >= 15 is 0 Å². The molecule has 4 nitrogen and oxygen atoms in total. The van der Waals surface area contributed by atoms with E-state index in [4.69, 9.17) is 4.74 Å². The summed E-state index contributed by atoms with van der Waals surface area (Å²) >= 11 is 0. The zero-order valence-electron chi connectivity index (χ0n) is 12.4. The van der Waals surface area contributed by atoms with Crippen LogP contribution in [0.15, 0.2) is 30.3 Å². The van der Waals surface area contributed by atoms with E-state index in [0.29, 0.717) is 6.04 Å². The van der Waals surface area contributed by atoms with E-state index in [1.807, 2.05) is 18.2 Å². The first-order chi connectivity index (χ1) is 10.3. The Labute approximate surface area is 126 Å². The van der Waals surface area contributed by atoms with Crippen LogP contribution in [0.4, 0.5) is 0 Å². The topological polar surface area (TPSA) is 48.3 Å². The molecule has 0 unspecified atom stereocenters.